The molecule has 1 aromatic rings. The van der Waals surface area contributed by atoms with Crippen LogP contribution in [0.15, 0.2) is 18.2 Å². The van der Waals surface area contributed by atoms with Crippen LogP contribution in [-0.2, 0) is 16.6 Å². The van der Waals surface area contributed by atoms with Crippen molar-refractivity contribution < 1.29 is 4.79 Å². The Morgan fingerprint density at radius 2 is 1.94 bits per heavy atom. The van der Waals surface area contributed by atoms with Gasteiger partial charge in [-0.3, -0.25) is 0 Å². The van der Waals surface area contributed by atoms with E-state index in [1.807, 2.05) is 6.07 Å². The Hall–Kier alpha value is -1.31. The summed E-state index contributed by atoms with van der Waals surface area (Å²) in [6.45, 7) is 8.06. The molecule has 0 atom stereocenters. The van der Waals surface area contributed by atoms with Gasteiger partial charge < -0.3 is 10.5 Å². The zero-order valence-corrected chi connectivity index (χ0v) is 10.6. The van der Waals surface area contributed by atoms with Crippen molar-refractivity contribution in [2.24, 2.45) is 0 Å². The predicted molar refractivity (Wildman–Crippen MR) is 68.6 cm³/mol. The molecule has 0 bridgehead atoms. The molecule has 16 heavy (non-hydrogen) atoms. The van der Waals surface area contributed by atoms with E-state index in [1.54, 1.807) is 6.92 Å². The number of hydrogen-bond donors (Lipinski definition) is 1. The first-order chi connectivity index (χ1) is 7.30. The number of carbonyl (C=O) groups excluding carboxylic acids is 1. The first kappa shape index (κ1) is 12.8. The Labute approximate surface area is 97.9 Å². The Morgan fingerprint density at radius 3 is 2.38 bits per heavy atom. The molecule has 0 aliphatic heterocycles. The predicted octanol–water partition coefficient (Wildman–Crippen LogP) is 3.09. The van der Waals surface area contributed by atoms with Gasteiger partial charge in [0.25, 0.3) is 0 Å². The van der Waals surface area contributed by atoms with Crippen LogP contribution in [0.4, 0.5) is 5.69 Å². The molecule has 0 aliphatic rings. The maximum absolute atomic E-state index is 10.9. The van der Waals surface area contributed by atoms with Gasteiger partial charge in [0.15, 0.2) is 0 Å². The monoisotopic (exact) mass is 219 g/mol. The number of Topliss-reactive ketones (excluding diaryl/α,β-unsaturated/α-hetero) is 1. The van der Waals surface area contributed by atoms with Gasteiger partial charge in [-0.15, -0.1) is 0 Å². The quantitative estimate of drug-likeness (QED) is 0.794. The molecule has 2 nitrogen and oxygen atoms in total. The normalized spacial score (nSPS) is 11.5. The van der Waals surface area contributed by atoms with Crippen molar-refractivity contribution in [3.05, 3.63) is 29.3 Å². The minimum atomic E-state index is 0.0726. The van der Waals surface area contributed by atoms with E-state index < -0.39 is 0 Å². The fraction of sp³-hybridized carbons (Fsp3) is 0.500. The molecule has 0 aliphatic carbocycles. The van der Waals surface area contributed by atoms with Gasteiger partial charge in [0.1, 0.15) is 5.78 Å². The maximum Gasteiger partial charge on any atom is 0.130 e. The maximum atomic E-state index is 10.9. The second kappa shape index (κ2) is 4.69. The lowest BCUT2D eigenvalue weighted by Gasteiger charge is -2.21. The standard InChI is InChI=1S/C14H21NO/c1-10(16)5-6-11-7-8-12(13(15)9-11)14(2,3)4/h7-9H,5-6,15H2,1-4H3. The highest BCUT2D eigenvalue weighted by Gasteiger charge is 2.16. The van der Waals surface area contributed by atoms with E-state index in [0.717, 1.165) is 17.7 Å². The van der Waals surface area contributed by atoms with Crippen LogP contribution in [0.25, 0.3) is 0 Å². The fourth-order valence-corrected chi connectivity index (χ4v) is 1.77. The molecule has 0 saturated carbocycles. The van der Waals surface area contributed by atoms with Crippen LogP contribution in [0.2, 0.25) is 0 Å². The van der Waals surface area contributed by atoms with Gasteiger partial charge in [0.2, 0.25) is 0 Å². The topological polar surface area (TPSA) is 43.1 Å². The molecule has 0 aromatic heterocycles. The summed E-state index contributed by atoms with van der Waals surface area (Å²) in [6.07, 6.45) is 1.37. The molecule has 2 heteroatoms. The second-order valence-electron chi connectivity index (χ2n) is 5.37. The molecule has 0 amide bonds. The average molecular weight is 219 g/mol. The van der Waals surface area contributed by atoms with Gasteiger partial charge >= 0.3 is 0 Å². The molecule has 1 rings (SSSR count). The zero-order chi connectivity index (χ0) is 12.3. The van der Waals surface area contributed by atoms with Crippen molar-refractivity contribution in [3.63, 3.8) is 0 Å². The summed E-state index contributed by atoms with van der Waals surface area (Å²) < 4.78 is 0. The average Bonchev–Trinajstić information content (AvgIpc) is 2.12. The Kier molecular flexibility index (Phi) is 3.74. The number of carbonyl (C=O) groups is 1. The molecule has 0 saturated heterocycles. The number of rotatable bonds is 3. The van der Waals surface area contributed by atoms with Crippen LogP contribution < -0.4 is 5.73 Å². The van der Waals surface area contributed by atoms with E-state index in [-0.39, 0.29) is 11.2 Å². The Morgan fingerprint density at radius 1 is 1.31 bits per heavy atom. The summed E-state index contributed by atoms with van der Waals surface area (Å²) in [4.78, 5) is 10.9. The van der Waals surface area contributed by atoms with Crippen molar-refractivity contribution in [2.45, 2.75) is 46.0 Å². The van der Waals surface area contributed by atoms with Crippen LogP contribution in [0.1, 0.15) is 45.2 Å². The summed E-state index contributed by atoms with van der Waals surface area (Å²) in [7, 11) is 0. The van der Waals surface area contributed by atoms with Crippen LogP contribution in [0.5, 0.6) is 0 Å². The minimum Gasteiger partial charge on any atom is -0.398 e. The van der Waals surface area contributed by atoms with E-state index in [0.29, 0.717) is 6.42 Å². The number of ketones is 1. The number of hydrogen-bond acceptors (Lipinski definition) is 2. The minimum absolute atomic E-state index is 0.0726. The van der Waals surface area contributed by atoms with Crippen LogP contribution in [-0.4, -0.2) is 5.78 Å². The lowest BCUT2D eigenvalue weighted by Crippen LogP contribution is -2.14. The molecule has 0 radical (unpaired) electrons. The molecular formula is C14H21NO. The molecule has 0 spiro atoms. The van der Waals surface area contributed by atoms with Crippen molar-refractivity contribution in [1.29, 1.82) is 0 Å². The van der Waals surface area contributed by atoms with E-state index in [4.69, 9.17) is 5.73 Å². The molecule has 0 unspecified atom stereocenters. The number of nitrogen functional groups attached to an aromatic ring is 1. The highest BCUT2D eigenvalue weighted by molar-refractivity contribution is 5.75. The van der Waals surface area contributed by atoms with E-state index in [2.05, 4.69) is 32.9 Å². The number of benzene rings is 1. The van der Waals surface area contributed by atoms with Crippen molar-refractivity contribution in [2.75, 3.05) is 5.73 Å². The largest absolute Gasteiger partial charge is 0.398 e. The number of nitrogens with two attached hydrogens (primary N) is 1. The summed E-state index contributed by atoms with van der Waals surface area (Å²) in [5, 5.41) is 0. The van der Waals surface area contributed by atoms with Crippen LogP contribution in [0.3, 0.4) is 0 Å². The summed E-state index contributed by atoms with van der Waals surface area (Å²) >= 11 is 0. The molecule has 1 aromatic carbocycles. The van der Waals surface area contributed by atoms with Crippen LogP contribution >= 0.6 is 0 Å². The van der Waals surface area contributed by atoms with E-state index in [1.165, 1.54) is 5.56 Å². The van der Waals surface area contributed by atoms with E-state index >= 15 is 0 Å². The lowest BCUT2D eigenvalue weighted by atomic mass is 9.85. The Balaban J connectivity index is 2.87. The third kappa shape index (κ3) is 3.37. The molecule has 88 valence electrons. The molecular weight excluding hydrogens is 198 g/mol. The summed E-state index contributed by atoms with van der Waals surface area (Å²) in [6, 6.07) is 6.13. The van der Waals surface area contributed by atoms with Crippen LogP contribution in [0, 0.1) is 0 Å². The molecule has 0 fully saturated rings. The van der Waals surface area contributed by atoms with Crippen molar-refractivity contribution in [1.82, 2.24) is 0 Å². The highest BCUT2D eigenvalue weighted by atomic mass is 16.1. The third-order valence-corrected chi connectivity index (χ3v) is 2.69. The van der Waals surface area contributed by atoms with Crippen molar-refractivity contribution >= 4 is 11.5 Å². The first-order valence-corrected chi connectivity index (χ1v) is 5.69. The fourth-order valence-electron chi connectivity index (χ4n) is 1.77. The van der Waals surface area contributed by atoms with Gasteiger partial charge in [-0.25, -0.2) is 0 Å². The summed E-state index contributed by atoms with van der Waals surface area (Å²) in [5.41, 5.74) is 9.23. The highest BCUT2D eigenvalue weighted by Crippen LogP contribution is 2.28. The second-order valence-corrected chi connectivity index (χ2v) is 5.37. The smallest absolute Gasteiger partial charge is 0.130 e. The van der Waals surface area contributed by atoms with Gasteiger partial charge in [-0.1, -0.05) is 32.9 Å². The third-order valence-electron chi connectivity index (χ3n) is 2.69. The van der Waals surface area contributed by atoms with Gasteiger partial charge in [0.05, 0.1) is 0 Å². The zero-order valence-electron chi connectivity index (χ0n) is 10.6. The number of aryl methyl sites for hydroxylation is 1. The SMILES string of the molecule is CC(=O)CCc1ccc(C(C)(C)C)c(N)c1. The van der Waals surface area contributed by atoms with Gasteiger partial charge in [-0.2, -0.15) is 0 Å². The Bertz CT molecular complexity index is 388. The van der Waals surface area contributed by atoms with E-state index in [9.17, 15) is 4.79 Å². The lowest BCUT2D eigenvalue weighted by molar-refractivity contribution is -0.116. The number of anilines is 1. The molecule has 2 N–H and O–H groups in total. The molecule has 0 heterocycles. The van der Waals surface area contributed by atoms with Crippen molar-refractivity contribution in [3.8, 4) is 0 Å². The van der Waals surface area contributed by atoms with Gasteiger partial charge in [-0.05, 0) is 36.0 Å². The first-order valence-electron chi connectivity index (χ1n) is 5.69. The van der Waals surface area contributed by atoms with Gasteiger partial charge in [0, 0.05) is 12.1 Å². The summed E-state index contributed by atoms with van der Waals surface area (Å²) in [5.74, 6) is 0.221.